The molecule has 1 fully saturated rings. The van der Waals surface area contributed by atoms with E-state index in [1.165, 1.54) is 11.8 Å². The molecule has 5 atom stereocenters. The first-order valence-electron chi connectivity index (χ1n) is 16.7. The molecule has 2 aromatic rings. The smallest absolute Gasteiger partial charge is 0.413 e. The average Bonchev–Trinajstić information content (AvgIpc) is 3.45. The number of nitrogens with zero attached hydrogens (tertiary/aromatic N) is 1. The van der Waals surface area contributed by atoms with Gasteiger partial charge < -0.3 is 32.8 Å². The van der Waals surface area contributed by atoms with Crippen molar-refractivity contribution >= 4 is 31.3 Å². The van der Waals surface area contributed by atoms with Crippen molar-refractivity contribution in [3.05, 3.63) is 71.8 Å². The number of alkyl carbamates (subject to hydrolysis) is 1. The highest BCUT2D eigenvalue weighted by molar-refractivity contribution is 8.14. The predicted molar refractivity (Wildman–Crippen MR) is 197 cm³/mol. The number of aliphatic imine (C=N–C) groups is 1. The molecule has 0 bridgehead atoms. The minimum atomic E-state index is -2.13. The molecular weight excluding hydrogens is 661 g/mol. The van der Waals surface area contributed by atoms with Crippen molar-refractivity contribution in [2.45, 2.75) is 103 Å². The van der Waals surface area contributed by atoms with Crippen LogP contribution in [0, 0.1) is 5.41 Å². The van der Waals surface area contributed by atoms with Crippen LogP contribution < -0.4 is 14.8 Å². The molecule has 0 aromatic heterocycles. The van der Waals surface area contributed by atoms with Gasteiger partial charge in [0, 0.05) is 0 Å². The molecule has 0 unspecified atom stereocenters. The molecule has 0 radical (unpaired) electrons. The van der Waals surface area contributed by atoms with Gasteiger partial charge in [0.15, 0.2) is 13.5 Å². The first-order valence-corrected chi connectivity index (χ1v) is 20.5. The lowest BCUT2D eigenvalue weighted by atomic mass is 9.96. The third-order valence-corrected chi connectivity index (χ3v) is 14.4. The van der Waals surface area contributed by atoms with Gasteiger partial charge in [0.1, 0.15) is 47.9 Å². The van der Waals surface area contributed by atoms with E-state index in [0.717, 1.165) is 22.6 Å². The van der Waals surface area contributed by atoms with E-state index in [4.69, 9.17) is 37.8 Å². The van der Waals surface area contributed by atoms with E-state index < -0.39 is 44.2 Å². The highest BCUT2D eigenvalue weighted by atomic mass is 32.2. The van der Waals surface area contributed by atoms with Crippen molar-refractivity contribution in [1.29, 1.82) is 0 Å². The molecular formula is C37H54N2O8SSi. The second kappa shape index (κ2) is 16.9. The summed E-state index contributed by atoms with van der Waals surface area (Å²) in [5.41, 5.74) is 1.53. The monoisotopic (exact) mass is 714 g/mol. The molecule has 0 saturated carbocycles. The molecule has 1 amide bonds. The summed E-state index contributed by atoms with van der Waals surface area (Å²) in [4.78, 5) is 17.6. The number of benzene rings is 2. The molecule has 4 rings (SSSR count). The van der Waals surface area contributed by atoms with Gasteiger partial charge in [0.2, 0.25) is 0 Å². The quantitative estimate of drug-likeness (QED) is 0.165. The molecule has 12 heteroatoms. The number of amidine groups is 1. The topological polar surface area (TPSA) is 106 Å². The Kier molecular flexibility index (Phi) is 13.4. The number of hydrogen-bond acceptors (Lipinski definition) is 10. The minimum Gasteiger partial charge on any atom is -0.497 e. The maximum Gasteiger partial charge on any atom is 0.413 e. The van der Waals surface area contributed by atoms with Gasteiger partial charge in [0.25, 0.3) is 0 Å². The van der Waals surface area contributed by atoms with Crippen molar-refractivity contribution in [2.24, 2.45) is 10.4 Å². The largest absolute Gasteiger partial charge is 0.497 e. The van der Waals surface area contributed by atoms with Crippen molar-refractivity contribution < 1.29 is 37.6 Å². The average molecular weight is 715 g/mol. The Balaban J connectivity index is 1.59. The molecule has 2 aromatic carbocycles. The molecule has 1 saturated heterocycles. The Hall–Kier alpha value is -2.87. The summed E-state index contributed by atoms with van der Waals surface area (Å²) >= 11 is 1.35. The Bertz CT molecular complexity index is 1420. The highest BCUT2D eigenvalue weighted by Crippen LogP contribution is 2.41. The fourth-order valence-electron chi connectivity index (χ4n) is 4.97. The van der Waals surface area contributed by atoms with E-state index in [1.54, 1.807) is 14.2 Å². The second-order valence-corrected chi connectivity index (χ2v) is 20.8. The van der Waals surface area contributed by atoms with E-state index in [9.17, 15) is 4.79 Å². The molecule has 2 aliphatic heterocycles. The Morgan fingerprint density at radius 1 is 0.898 bits per heavy atom. The number of carbonyl (C=O) groups is 1. The Morgan fingerprint density at radius 3 is 1.96 bits per heavy atom. The number of carbonyl (C=O) groups excluding carboxylic acids is 1. The van der Waals surface area contributed by atoms with Gasteiger partial charge in [-0.05, 0) is 58.9 Å². The van der Waals surface area contributed by atoms with Crippen LogP contribution in [0.2, 0.25) is 18.1 Å². The number of fused-ring (bicyclic) bond motifs is 1. The predicted octanol–water partition coefficient (Wildman–Crippen LogP) is 7.72. The lowest BCUT2D eigenvalue weighted by molar-refractivity contribution is -0.204. The van der Waals surface area contributed by atoms with Crippen LogP contribution in [0.4, 0.5) is 4.79 Å². The highest BCUT2D eigenvalue weighted by Gasteiger charge is 2.52. The van der Waals surface area contributed by atoms with E-state index in [0.29, 0.717) is 25.0 Å². The molecule has 270 valence electrons. The maximum absolute atomic E-state index is 12.7. The normalized spacial score (nSPS) is 22.8. The Labute approximate surface area is 297 Å². The number of allylic oxidation sites excluding steroid dienone is 1. The van der Waals surface area contributed by atoms with Gasteiger partial charge in [-0.15, -0.1) is 0 Å². The molecule has 49 heavy (non-hydrogen) atoms. The summed E-state index contributed by atoms with van der Waals surface area (Å²) in [6, 6.07) is 15.1. The number of rotatable bonds is 13. The summed E-state index contributed by atoms with van der Waals surface area (Å²) in [6.07, 6.45) is 1.78. The van der Waals surface area contributed by atoms with Crippen LogP contribution in [0.25, 0.3) is 0 Å². The van der Waals surface area contributed by atoms with Crippen LogP contribution in [-0.2, 0) is 36.6 Å². The molecule has 10 nitrogen and oxygen atoms in total. The fourth-order valence-corrected chi connectivity index (χ4v) is 7.09. The van der Waals surface area contributed by atoms with Crippen LogP contribution in [0.15, 0.2) is 65.7 Å². The van der Waals surface area contributed by atoms with Crippen LogP contribution in [0.1, 0.15) is 52.7 Å². The minimum absolute atomic E-state index is 0.00405. The Morgan fingerprint density at radius 2 is 1.45 bits per heavy atom. The summed E-state index contributed by atoms with van der Waals surface area (Å²) in [6.45, 7) is 18.5. The maximum atomic E-state index is 12.7. The van der Waals surface area contributed by atoms with Crippen molar-refractivity contribution in [3.63, 3.8) is 0 Å². The number of nitrogens with one attached hydrogen (secondary N) is 1. The lowest BCUT2D eigenvalue weighted by Gasteiger charge is -2.44. The van der Waals surface area contributed by atoms with Gasteiger partial charge >= 0.3 is 6.09 Å². The van der Waals surface area contributed by atoms with Crippen molar-refractivity contribution in [1.82, 2.24) is 5.32 Å². The van der Waals surface area contributed by atoms with Crippen LogP contribution >= 0.6 is 11.8 Å². The third kappa shape index (κ3) is 11.3. The third-order valence-electron chi connectivity index (χ3n) is 8.86. The molecule has 0 spiro atoms. The van der Waals surface area contributed by atoms with Gasteiger partial charge in [-0.3, -0.25) is 10.3 Å². The zero-order valence-electron chi connectivity index (χ0n) is 30.6. The summed E-state index contributed by atoms with van der Waals surface area (Å²) in [7, 11) is 1.16. The first kappa shape index (κ1) is 38.9. The molecule has 0 aliphatic carbocycles. The van der Waals surface area contributed by atoms with Crippen molar-refractivity contribution in [3.8, 4) is 11.5 Å². The fraction of sp³-hybridized carbons (Fsp3) is 0.568. The summed E-state index contributed by atoms with van der Waals surface area (Å²) < 4.78 is 42.9. The SMILES string of the molecule is COc1ccc(CO[C@@H]2[C@H]3N=C(NC(=O)OCC=CC(C)(C)C)S[C@H]3O[C@H](CO[Si](C)(C)C(C)(C)C)[C@H]2OCc2ccc(OC)cc2)cc1. The number of methoxy groups -OCH3 is 2. The van der Waals surface area contributed by atoms with Crippen LogP contribution in [0.3, 0.4) is 0 Å². The van der Waals surface area contributed by atoms with Crippen LogP contribution in [0.5, 0.6) is 11.5 Å². The number of hydrogen-bond donors (Lipinski definition) is 1. The van der Waals surface area contributed by atoms with E-state index in [2.05, 4.69) is 60.0 Å². The van der Waals surface area contributed by atoms with Gasteiger partial charge in [-0.1, -0.05) is 89.7 Å². The summed E-state index contributed by atoms with van der Waals surface area (Å²) in [5, 5.41) is 3.23. The van der Waals surface area contributed by atoms with E-state index in [-0.39, 0.29) is 17.1 Å². The zero-order valence-corrected chi connectivity index (χ0v) is 32.4. The molecule has 1 N–H and O–H groups in total. The number of amides is 1. The van der Waals surface area contributed by atoms with Crippen LogP contribution in [-0.4, -0.2) is 76.8 Å². The van der Waals surface area contributed by atoms with Gasteiger partial charge in [-0.25, -0.2) is 4.79 Å². The molecule has 2 heterocycles. The standard InChI is InChI=1S/C37H54N2O8SSi/c1-36(2,3)20-11-21-43-35(40)39-34-38-30-32(45-23-26-14-18-28(42-8)19-15-26)31(44-22-25-12-16-27(41-7)17-13-25)29(47-33(30)48-34)24-46-49(9,10)37(4,5)6/h11-20,29-33H,21-24H2,1-10H3,(H,38,39,40)/t29-,30-,31-,32-,33-/m1/s1. The number of thioether (sulfide) groups is 1. The lowest BCUT2D eigenvalue weighted by Crippen LogP contribution is -2.59. The van der Waals surface area contributed by atoms with Gasteiger partial charge in [-0.2, -0.15) is 0 Å². The van der Waals surface area contributed by atoms with Gasteiger partial charge in [0.05, 0.1) is 34.0 Å². The second-order valence-electron chi connectivity index (χ2n) is 14.9. The van der Waals surface area contributed by atoms with E-state index >= 15 is 0 Å². The van der Waals surface area contributed by atoms with Crippen molar-refractivity contribution in [2.75, 3.05) is 27.4 Å². The summed E-state index contributed by atoms with van der Waals surface area (Å²) in [5.74, 6) is 1.54. The molecule has 2 aliphatic rings. The zero-order chi connectivity index (χ0) is 35.8. The number of ether oxygens (including phenoxy) is 6. The van der Waals surface area contributed by atoms with E-state index in [1.807, 2.05) is 60.7 Å². The first-order chi connectivity index (χ1) is 23.1.